The molecule has 0 fully saturated rings. The molecular weight excluding hydrogens is 292 g/mol. The predicted molar refractivity (Wildman–Crippen MR) is 99.1 cm³/mol. The number of aryl methyl sites for hydroxylation is 1. The first kappa shape index (κ1) is 16.5. The average Bonchev–Trinajstić information content (AvgIpc) is 2.91. The summed E-state index contributed by atoms with van der Waals surface area (Å²) in [4.78, 5) is 0. The van der Waals surface area contributed by atoms with Gasteiger partial charge in [0, 0.05) is 6.42 Å². The zero-order chi connectivity index (χ0) is 16.9. The van der Waals surface area contributed by atoms with Crippen LogP contribution in [0.25, 0.3) is 0 Å². The molecule has 24 heavy (non-hydrogen) atoms. The van der Waals surface area contributed by atoms with Gasteiger partial charge in [-0.25, -0.2) is 9.13 Å². The highest BCUT2D eigenvalue weighted by Crippen LogP contribution is 2.21. The largest absolute Gasteiger partial charge is 0.260 e. The lowest BCUT2D eigenvalue weighted by Gasteiger charge is -2.10. The van der Waals surface area contributed by atoms with E-state index in [1.165, 1.54) is 22.6 Å². The average molecular weight is 319 g/mol. The molecule has 2 nitrogen and oxygen atoms in total. The molecule has 0 saturated heterocycles. The standard InChI is InChI=1S/C22H27N2/c1-4-24-21(15-18(2)20-13-9-6-10-14-20)17-23(3)22(24)16-19-11-7-5-8-12-19/h5-14,17-18H,4,15-16H2,1-3H3/q+1. The number of nitrogens with zero attached hydrogens (tertiary/aromatic N) is 2. The van der Waals surface area contributed by atoms with Crippen LogP contribution >= 0.6 is 0 Å². The molecule has 0 amide bonds. The van der Waals surface area contributed by atoms with E-state index in [1.54, 1.807) is 0 Å². The van der Waals surface area contributed by atoms with Gasteiger partial charge in [0.1, 0.15) is 11.9 Å². The summed E-state index contributed by atoms with van der Waals surface area (Å²) in [5.41, 5.74) is 4.19. The van der Waals surface area contributed by atoms with Crippen molar-refractivity contribution in [1.82, 2.24) is 4.57 Å². The monoisotopic (exact) mass is 319 g/mol. The molecule has 1 heterocycles. The number of rotatable bonds is 6. The SMILES string of the molecule is CCn1c(CC(C)c2ccccc2)c[n+](C)c1Cc1ccccc1. The van der Waals surface area contributed by atoms with Crippen LogP contribution in [0.5, 0.6) is 0 Å². The van der Waals surface area contributed by atoms with Gasteiger partial charge in [-0.3, -0.25) is 0 Å². The number of benzene rings is 2. The van der Waals surface area contributed by atoms with Crippen LogP contribution in [0, 0.1) is 0 Å². The Kier molecular flexibility index (Phi) is 5.14. The Morgan fingerprint density at radius 2 is 1.58 bits per heavy atom. The minimum Gasteiger partial charge on any atom is -0.236 e. The van der Waals surface area contributed by atoms with E-state index in [9.17, 15) is 0 Å². The second kappa shape index (κ2) is 7.48. The lowest BCUT2D eigenvalue weighted by molar-refractivity contribution is -0.678. The van der Waals surface area contributed by atoms with Crippen molar-refractivity contribution in [2.24, 2.45) is 7.05 Å². The minimum atomic E-state index is 0.524. The summed E-state index contributed by atoms with van der Waals surface area (Å²) in [6, 6.07) is 21.5. The Hall–Kier alpha value is -2.35. The topological polar surface area (TPSA) is 8.81 Å². The minimum absolute atomic E-state index is 0.524. The fourth-order valence-electron chi connectivity index (χ4n) is 3.48. The highest BCUT2D eigenvalue weighted by Gasteiger charge is 2.22. The number of hydrogen-bond donors (Lipinski definition) is 0. The van der Waals surface area contributed by atoms with Gasteiger partial charge in [0.05, 0.1) is 20.0 Å². The number of hydrogen-bond acceptors (Lipinski definition) is 0. The van der Waals surface area contributed by atoms with E-state index < -0.39 is 0 Å². The van der Waals surface area contributed by atoms with Gasteiger partial charge in [-0.05, 0) is 24.0 Å². The van der Waals surface area contributed by atoms with Crippen molar-refractivity contribution in [3.8, 4) is 0 Å². The molecule has 3 rings (SSSR count). The molecule has 0 aliphatic heterocycles. The molecule has 0 aliphatic carbocycles. The highest BCUT2D eigenvalue weighted by molar-refractivity contribution is 5.22. The van der Waals surface area contributed by atoms with Crippen LogP contribution in [0.3, 0.4) is 0 Å². The van der Waals surface area contributed by atoms with Gasteiger partial charge in [0.15, 0.2) is 0 Å². The molecule has 0 N–H and O–H groups in total. The first-order valence-corrected chi connectivity index (χ1v) is 8.84. The van der Waals surface area contributed by atoms with E-state index in [1.807, 2.05) is 0 Å². The highest BCUT2D eigenvalue weighted by atomic mass is 15.1. The Labute approximate surface area is 145 Å². The third-order valence-electron chi connectivity index (χ3n) is 4.81. The molecule has 0 aliphatic rings. The van der Waals surface area contributed by atoms with E-state index in [2.05, 4.69) is 96.9 Å². The summed E-state index contributed by atoms with van der Waals surface area (Å²) in [7, 11) is 2.17. The third-order valence-corrected chi connectivity index (χ3v) is 4.81. The first-order valence-electron chi connectivity index (χ1n) is 8.84. The van der Waals surface area contributed by atoms with E-state index in [4.69, 9.17) is 0 Å². The summed E-state index contributed by atoms with van der Waals surface area (Å²) < 4.78 is 4.77. The smallest absolute Gasteiger partial charge is 0.236 e. The Morgan fingerprint density at radius 3 is 2.21 bits per heavy atom. The van der Waals surface area contributed by atoms with Crippen LogP contribution in [0.2, 0.25) is 0 Å². The second-order valence-electron chi connectivity index (χ2n) is 6.57. The summed E-state index contributed by atoms with van der Waals surface area (Å²) >= 11 is 0. The van der Waals surface area contributed by atoms with Gasteiger partial charge >= 0.3 is 0 Å². The van der Waals surface area contributed by atoms with Crippen LogP contribution in [0.4, 0.5) is 0 Å². The van der Waals surface area contributed by atoms with Crippen LogP contribution in [-0.2, 0) is 26.4 Å². The Balaban J connectivity index is 1.85. The van der Waals surface area contributed by atoms with Crippen molar-refractivity contribution >= 4 is 0 Å². The summed E-state index contributed by atoms with van der Waals surface area (Å²) in [6.07, 6.45) is 4.35. The fraction of sp³-hybridized carbons (Fsp3) is 0.318. The van der Waals surface area contributed by atoms with Gasteiger partial charge < -0.3 is 0 Å². The molecule has 0 spiro atoms. The maximum absolute atomic E-state index is 2.48. The molecule has 1 unspecified atom stereocenters. The first-order chi connectivity index (χ1) is 11.7. The molecule has 1 atom stereocenters. The summed E-state index contributed by atoms with van der Waals surface area (Å²) in [5.74, 6) is 1.90. The lowest BCUT2D eigenvalue weighted by atomic mass is 9.96. The molecule has 2 aromatic carbocycles. The van der Waals surface area contributed by atoms with Crippen molar-refractivity contribution in [1.29, 1.82) is 0 Å². The molecule has 3 aromatic rings. The van der Waals surface area contributed by atoms with Crippen molar-refractivity contribution in [3.63, 3.8) is 0 Å². The molecule has 0 bridgehead atoms. The molecule has 0 radical (unpaired) electrons. The molecule has 1 aromatic heterocycles. The Bertz CT molecular complexity index is 772. The molecule has 124 valence electrons. The van der Waals surface area contributed by atoms with Gasteiger partial charge in [0.2, 0.25) is 0 Å². The second-order valence-corrected chi connectivity index (χ2v) is 6.57. The maximum Gasteiger partial charge on any atom is 0.260 e. The normalized spacial score (nSPS) is 12.3. The number of imidazole rings is 1. The molecule has 0 saturated carbocycles. The van der Waals surface area contributed by atoms with Gasteiger partial charge in [-0.2, -0.15) is 0 Å². The van der Waals surface area contributed by atoms with Crippen molar-refractivity contribution < 1.29 is 4.57 Å². The van der Waals surface area contributed by atoms with Crippen LogP contribution in [0.1, 0.15) is 42.4 Å². The maximum atomic E-state index is 2.48. The fourth-order valence-corrected chi connectivity index (χ4v) is 3.48. The summed E-state index contributed by atoms with van der Waals surface area (Å²) in [5, 5.41) is 0. The van der Waals surface area contributed by atoms with Crippen molar-refractivity contribution in [2.45, 2.75) is 39.2 Å². The van der Waals surface area contributed by atoms with Crippen LogP contribution < -0.4 is 4.57 Å². The Morgan fingerprint density at radius 1 is 0.958 bits per heavy atom. The lowest BCUT2D eigenvalue weighted by Crippen LogP contribution is -2.32. The van der Waals surface area contributed by atoms with Gasteiger partial charge in [-0.1, -0.05) is 67.6 Å². The van der Waals surface area contributed by atoms with Crippen LogP contribution in [0.15, 0.2) is 66.9 Å². The zero-order valence-corrected chi connectivity index (χ0v) is 14.9. The summed E-state index contributed by atoms with van der Waals surface area (Å²) in [6.45, 7) is 5.57. The number of aromatic nitrogens is 2. The van der Waals surface area contributed by atoms with E-state index in [0.717, 1.165) is 19.4 Å². The van der Waals surface area contributed by atoms with Crippen molar-refractivity contribution in [2.75, 3.05) is 0 Å². The predicted octanol–water partition coefficient (Wildman–Crippen LogP) is 4.27. The van der Waals surface area contributed by atoms with Crippen LogP contribution in [-0.4, -0.2) is 4.57 Å². The zero-order valence-electron chi connectivity index (χ0n) is 14.9. The van der Waals surface area contributed by atoms with Gasteiger partial charge in [-0.15, -0.1) is 0 Å². The van der Waals surface area contributed by atoms with E-state index >= 15 is 0 Å². The van der Waals surface area contributed by atoms with E-state index in [-0.39, 0.29) is 0 Å². The van der Waals surface area contributed by atoms with Crippen molar-refractivity contribution in [3.05, 3.63) is 89.5 Å². The molecule has 2 heteroatoms. The third kappa shape index (κ3) is 3.59. The quantitative estimate of drug-likeness (QED) is 0.600. The van der Waals surface area contributed by atoms with E-state index in [0.29, 0.717) is 5.92 Å². The molecular formula is C22H27N2+. The van der Waals surface area contributed by atoms with Gasteiger partial charge in [0.25, 0.3) is 5.82 Å².